The van der Waals surface area contributed by atoms with Crippen LogP contribution in [0.5, 0.6) is 0 Å². The molecule has 0 amide bonds. The Morgan fingerprint density at radius 1 is 1.29 bits per heavy atom. The monoisotopic (exact) mass is 200 g/mol. The van der Waals surface area contributed by atoms with Crippen LogP contribution in [0.15, 0.2) is 0 Å². The highest BCUT2D eigenvalue weighted by Gasteiger charge is 2.31. The minimum Gasteiger partial charge on any atom is -0.444 e. The van der Waals surface area contributed by atoms with Gasteiger partial charge in [0.05, 0.1) is 0 Å². The Morgan fingerprint density at radius 3 is 2.36 bits per heavy atom. The summed E-state index contributed by atoms with van der Waals surface area (Å²) in [4.78, 5) is 11.5. The average Bonchev–Trinajstić information content (AvgIpc) is 2.01. The number of nitrogens with one attached hydrogen (secondary N) is 2. The van der Waals surface area contributed by atoms with Crippen LogP contribution >= 0.6 is 0 Å². The van der Waals surface area contributed by atoms with Gasteiger partial charge in [-0.1, -0.05) is 27.7 Å². The zero-order valence-corrected chi connectivity index (χ0v) is 9.33. The van der Waals surface area contributed by atoms with Crippen LogP contribution in [0.4, 0.5) is 0 Å². The number of ether oxygens (including phenoxy) is 1. The molecule has 0 aromatic heterocycles. The summed E-state index contributed by atoms with van der Waals surface area (Å²) < 4.78 is 5.26. The van der Waals surface area contributed by atoms with E-state index in [-0.39, 0.29) is 24.2 Å². The van der Waals surface area contributed by atoms with Gasteiger partial charge < -0.3 is 4.74 Å². The Balaban J connectivity index is 2.43. The third-order valence-electron chi connectivity index (χ3n) is 2.26. The lowest BCUT2D eigenvalue weighted by atomic mass is 10.0. The third-order valence-corrected chi connectivity index (χ3v) is 2.26. The lowest BCUT2D eigenvalue weighted by Crippen LogP contribution is -2.60. The van der Waals surface area contributed by atoms with Crippen molar-refractivity contribution < 1.29 is 9.53 Å². The summed E-state index contributed by atoms with van der Waals surface area (Å²) in [7, 11) is 0. The quantitative estimate of drug-likeness (QED) is 0.668. The topological polar surface area (TPSA) is 50.4 Å². The summed E-state index contributed by atoms with van der Waals surface area (Å²) >= 11 is 0. The van der Waals surface area contributed by atoms with Crippen molar-refractivity contribution in [2.45, 2.75) is 46.4 Å². The number of cyclic esters (lactones) is 1. The highest BCUT2D eigenvalue weighted by atomic mass is 16.6. The van der Waals surface area contributed by atoms with Gasteiger partial charge in [0.25, 0.3) is 0 Å². The molecule has 1 rings (SSSR count). The molecule has 82 valence electrons. The van der Waals surface area contributed by atoms with Gasteiger partial charge in [-0.05, 0) is 11.8 Å². The average molecular weight is 200 g/mol. The van der Waals surface area contributed by atoms with E-state index in [1.54, 1.807) is 0 Å². The molecule has 2 atom stereocenters. The molecular formula is C10H20N2O2. The van der Waals surface area contributed by atoms with Crippen LogP contribution in [0.25, 0.3) is 0 Å². The van der Waals surface area contributed by atoms with E-state index in [0.717, 1.165) is 6.42 Å². The molecule has 0 radical (unpaired) electrons. The van der Waals surface area contributed by atoms with Gasteiger partial charge >= 0.3 is 5.97 Å². The molecule has 0 spiro atoms. The first-order valence-electron chi connectivity index (χ1n) is 5.22. The highest BCUT2D eigenvalue weighted by molar-refractivity contribution is 5.76. The van der Waals surface area contributed by atoms with Gasteiger partial charge in [0.1, 0.15) is 6.04 Å². The zero-order valence-electron chi connectivity index (χ0n) is 9.33. The SMILES string of the molecule is CC(C)CC1NN[C@@H](C(C)C)C(=O)O1. The molecule has 0 aliphatic carbocycles. The van der Waals surface area contributed by atoms with Crippen LogP contribution < -0.4 is 10.9 Å². The molecule has 0 aromatic carbocycles. The van der Waals surface area contributed by atoms with Gasteiger partial charge in [-0.25, -0.2) is 10.9 Å². The Labute approximate surface area is 85.4 Å². The maximum Gasteiger partial charge on any atom is 0.326 e. The van der Waals surface area contributed by atoms with Gasteiger partial charge in [-0.2, -0.15) is 0 Å². The van der Waals surface area contributed by atoms with Gasteiger partial charge in [0.2, 0.25) is 0 Å². The molecule has 4 nitrogen and oxygen atoms in total. The Hall–Kier alpha value is -0.610. The van der Waals surface area contributed by atoms with E-state index in [4.69, 9.17) is 4.74 Å². The molecule has 0 saturated carbocycles. The lowest BCUT2D eigenvalue weighted by molar-refractivity contribution is -0.164. The fourth-order valence-corrected chi connectivity index (χ4v) is 1.46. The summed E-state index contributed by atoms with van der Waals surface area (Å²) in [5.74, 6) is 0.608. The van der Waals surface area contributed by atoms with Crippen molar-refractivity contribution in [3.63, 3.8) is 0 Å². The first-order chi connectivity index (χ1) is 6.50. The molecule has 4 heteroatoms. The molecule has 1 fully saturated rings. The largest absolute Gasteiger partial charge is 0.444 e. The van der Waals surface area contributed by atoms with E-state index in [0.29, 0.717) is 5.92 Å². The Bertz CT molecular complexity index is 204. The van der Waals surface area contributed by atoms with Gasteiger partial charge in [0.15, 0.2) is 6.23 Å². The van der Waals surface area contributed by atoms with Crippen molar-refractivity contribution in [2.24, 2.45) is 11.8 Å². The predicted molar refractivity (Wildman–Crippen MR) is 54.2 cm³/mol. The van der Waals surface area contributed by atoms with Crippen LogP contribution in [0, 0.1) is 11.8 Å². The van der Waals surface area contributed by atoms with Crippen LogP contribution in [0.2, 0.25) is 0 Å². The van der Waals surface area contributed by atoms with E-state index in [1.165, 1.54) is 0 Å². The first kappa shape index (κ1) is 11.5. The van der Waals surface area contributed by atoms with Crippen molar-refractivity contribution in [3.05, 3.63) is 0 Å². The third kappa shape index (κ3) is 2.96. The summed E-state index contributed by atoms with van der Waals surface area (Å²) in [5, 5.41) is 0. The maximum absolute atomic E-state index is 11.5. The number of carbonyl (C=O) groups is 1. The summed E-state index contributed by atoms with van der Waals surface area (Å²) in [6.45, 7) is 8.18. The summed E-state index contributed by atoms with van der Waals surface area (Å²) in [5.41, 5.74) is 6.02. The molecular weight excluding hydrogens is 180 g/mol. The molecule has 14 heavy (non-hydrogen) atoms. The lowest BCUT2D eigenvalue weighted by Gasteiger charge is -2.32. The highest BCUT2D eigenvalue weighted by Crippen LogP contribution is 2.12. The number of esters is 1. The van der Waals surface area contributed by atoms with Gasteiger partial charge in [0, 0.05) is 6.42 Å². The van der Waals surface area contributed by atoms with Gasteiger partial charge in [-0.3, -0.25) is 4.79 Å². The summed E-state index contributed by atoms with van der Waals surface area (Å²) in [6.07, 6.45) is 0.654. The molecule has 1 unspecified atom stereocenters. The molecule has 2 N–H and O–H groups in total. The molecule has 0 bridgehead atoms. The smallest absolute Gasteiger partial charge is 0.326 e. The van der Waals surface area contributed by atoms with Crippen LogP contribution in [0.1, 0.15) is 34.1 Å². The Morgan fingerprint density at radius 2 is 1.93 bits per heavy atom. The second kappa shape index (κ2) is 4.75. The molecule has 1 aliphatic heterocycles. The first-order valence-corrected chi connectivity index (χ1v) is 5.22. The molecule has 0 aromatic rings. The fraction of sp³-hybridized carbons (Fsp3) is 0.900. The van der Waals surface area contributed by atoms with E-state index >= 15 is 0 Å². The van der Waals surface area contributed by atoms with Crippen LogP contribution in [0.3, 0.4) is 0 Å². The van der Waals surface area contributed by atoms with Crippen molar-refractivity contribution >= 4 is 5.97 Å². The predicted octanol–water partition coefficient (Wildman–Crippen LogP) is 1.03. The van der Waals surface area contributed by atoms with Crippen molar-refractivity contribution in [3.8, 4) is 0 Å². The second-order valence-corrected chi connectivity index (χ2v) is 4.57. The fourth-order valence-electron chi connectivity index (χ4n) is 1.46. The van der Waals surface area contributed by atoms with E-state index < -0.39 is 0 Å². The minimum absolute atomic E-state index is 0.149. The number of hydrogen-bond acceptors (Lipinski definition) is 4. The molecule has 1 heterocycles. The minimum atomic E-state index is -0.224. The maximum atomic E-state index is 11.5. The summed E-state index contributed by atoms with van der Waals surface area (Å²) in [6, 6.07) is -0.224. The Kier molecular flexibility index (Phi) is 3.89. The van der Waals surface area contributed by atoms with Crippen LogP contribution in [-0.4, -0.2) is 18.2 Å². The van der Waals surface area contributed by atoms with Crippen molar-refractivity contribution in [2.75, 3.05) is 0 Å². The number of carbonyl (C=O) groups excluding carboxylic acids is 1. The van der Waals surface area contributed by atoms with E-state index in [2.05, 4.69) is 24.7 Å². The number of hydrogen-bond donors (Lipinski definition) is 2. The zero-order chi connectivity index (χ0) is 10.7. The second-order valence-electron chi connectivity index (χ2n) is 4.57. The molecule has 1 saturated heterocycles. The number of rotatable bonds is 3. The molecule has 1 aliphatic rings. The van der Waals surface area contributed by atoms with E-state index in [1.807, 2.05) is 13.8 Å². The normalized spacial score (nSPS) is 28.3. The van der Waals surface area contributed by atoms with E-state index in [9.17, 15) is 4.79 Å². The van der Waals surface area contributed by atoms with Crippen LogP contribution in [-0.2, 0) is 9.53 Å². The van der Waals surface area contributed by atoms with Crippen molar-refractivity contribution in [1.82, 2.24) is 10.9 Å². The standard InChI is InChI=1S/C10H20N2O2/c1-6(2)5-8-11-12-9(7(3)4)10(13)14-8/h6-9,11-12H,5H2,1-4H3/t8?,9-/m0/s1. The van der Waals surface area contributed by atoms with Gasteiger partial charge in [-0.15, -0.1) is 0 Å². The van der Waals surface area contributed by atoms with Crippen molar-refractivity contribution in [1.29, 1.82) is 0 Å². The number of hydrazine groups is 1.